The highest BCUT2D eigenvalue weighted by atomic mass is 32.2. The molecule has 9 heteroatoms. The third-order valence-corrected chi connectivity index (χ3v) is 6.86. The number of nitrogens with one attached hydrogen (secondary N) is 1. The van der Waals surface area contributed by atoms with E-state index in [1.165, 1.54) is 17.3 Å². The fourth-order valence-corrected chi connectivity index (χ4v) is 4.64. The summed E-state index contributed by atoms with van der Waals surface area (Å²) in [6.45, 7) is 5.47. The minimum absolute atomic E-state index is 0.0902. The van der Waals surface area contributed by atoms with Crippen molar-refractivity contribution >= 4 is 23.4 Å². The summed E-state index contributed by atoms with van der Waals surface area (Å²) < 4.78 is 18.7. The molecule has 0 aliphatic carbocycles. The number of aryl methyl sites for hydroxylation is 2. The molecule has 1 atom stereocenters. The number of methoxy groups -OCH3 is 2. The van der Waals surface area contributed by atoms with Crippen molar-refractivity contribution in [1.29, 1.82) is 0 Å². The Kier molecular flexibility index (Phi) is 7.74. The molecule has 3 aromatic rings. The quantitative estimate of drug-likeness (QED) is 0.450. The van der Waals surface area contributed by atoms with Gasteiger partial charge in [0.15, 0.2) is 22.5 Å². The summed E-state index contributed by atoms with van der Waals surface area (Å²) >= 11 is 1.36. The molecule has 1 N–H and O–H groups in total. The number of hydrogen-bond acceptors (Lipinski definition) is 7. The Balaban J connectivity index is 1.54. The van der Waals surface area contributed by atoms with Crippen molar-refractivity contribution in [1.82, 2.24) is 14.8 Å². The number of aromatic nitrogens is 3. The normalized spacial score (nSPS) is 15.4. The van der Waals surface area contributed by atoms with Gasteiger partial charge in [-0.05, 0) is 68.1 Å². The second-order valence-corrected chi connectivity index (χ2v) is 9.20. The van der Waals surface area contributed by atoms with Crippen LogP contribution < -0.4 is 14.8 Å². The largest absolute Gasteiger partial charge is 0.493 e. The van der Waals surface area contributed by atoms with Gasteiger partial charge in [0.25, 0.3) is 0 Å². The predicted octanol–water partition coefficient (Wildman–Crippen LogP) is 4.49. The summed E-state index contributed by atoms with van der Waals surface area (Å²) in [5.74, 6) is 2.10. The van der Waals surface area contributed by atoms with Crippen LogP contribution in [-0.4, -0.2) is 53.4 Å². The summed E-state index contributed by atoms with van der Waals surface area (Å²) in [5, 5.41) is 12.5. The smallest absolute Gasteiger partial charge is 0.234 e. The van der Waals surface area contributed by atoms with E-state index in [0.717, 1.165) is 36.3 Å². The van der Waals surface area contributed by atoms with Crippen LogP contribution in [-0.2, 0) is 16.1 Å². The first-order valence-electron chi connectivity index (χ1n) is 11.3. The molecule has 2 aromatic carbocycles. The molecule has 2 heterocycles. The average molecular weight is 483 g/mol. The van der Waals surface area contributed by atoms with Crippen LogP contribution in [0.25, 0.3) is 11.4 Å². The number of benzene rings is 2. The molecule has 1 aliphatic rings. The number of ether oxygens (including phenoxy) is 3. The number of thioether (sulfide) groups is 1. The van der Waals surface area contributed by atoms with Gasteiger partial charge in [-0.1, -0.05) is 17.8 Å². The third-order valence-electron chi connectivity index (χ3n) is 5.89. The molecule has 8 nitrogen and oxygen atoms in total. The Morgan fingerprint density at radius 1 is 1.12 bits per heavy atom. The molecule has 180 valence electrons. The highest BCUT2D eigenvalue weighted by molar-refractivity contribution is 7.99. The lowest BCUT2D eigenvalue weighted by Gasteiger charge is -2.15. The molecule has 0 unspecified atom stereocenters. The molecule has 0 bridgehead atoms. The minimum Gasteiger partial charge on any atom is -0.493 e. The summed E-state index contributed by atoms with van der Waals surface area (Å²) in [7, 11) is 3.21. The van der Waals surface area contributed by atoms with Crippen LogP contribution >= 0.6 is 11.8 Å². The standard InChI is InChI=1S/C25H30N4O4S/c1-16-7-9-19(12-17(16)2)26-23(30)15-34-25-28-27-24(29(25)14-20-6-5-11-33-20)18-8-10-21(31-3)22(13-18)32-4/h7-10,12-13,20H,5-6,11,14-15H2,1-4H3,(H,26,30)/t20-/m0/s1. The highest BCUT2D eigenvalue weighted by Crippen LogP contribution is 2.33. The molecule has 1 aromatic heterocycles. The number of carbonyl (C=O) groups is 1. The van der Waals surface area contributed by atoms with E-state index in [2.05, 4.69) is 15.5 Å². The zero-order valence-electron chi connectivity index (χ0n) is 20.0. The van der Waals surface area contributed by atoms with Crippen molar-refractivity contribution in [3.05, 3.63) is 47.5 Å². The van der Waals surface area contributed by atoms with Gasteiger partial charge in [-0.25, -0.2) is 0 Å². The maximum absolute atomic E-state index is 12.6. The Labute approximate surface area is 204 Å². The van der Waals surface area contributed by atoms with Gasteiger partial charge < -0.3 is 19.5 Å². The SMILES string of the molecule is COc1ccc(-c2nnc(SCC(=O)Nc3ccc(C)c(C)c3)n2C[C@@H]2CCCO2)cc1OC. The Morgan fingerprint density at radius 3 is 2.65 bits per heavy atom. The number of rotatable bonds is 9. The van der Waals surface area contributed by atoms with E-state index in [9.17, 15) is 4.79 Å². The van der Waals surface area contributed by atoms with E-state index >= 15 is 0 Å². The second-order valence-electron chi connectivity index (χ2n) is 8.26. The number of nitrogens with zero attached hydrogens (tertiary/aromatic N) is 3. The lowest BCUT2D eigenvalue weighted by molar-refractivity contribution is -0.113. The van der Waals surface area contributed by atoms with Crippen molar-refractivity contribution in [2.75, 3.05) is 31.9 Å². The van der Waals surface area contributed by atoms with E-state index in [1.807, 2.05) is 54.8 Å². The van der Waals surface area contributed by atoms with Crippen molar-refractivity contribution in [3.8, 4) is 22.9 Å². The molecular weight excluding hydrogens is 452 g/mol. The van der Waals surface area contributed by atoms with E-state index in [1.54, 1.807) is 14.2 Å². The maximum Gasteiger partial charge on any atom is 0.234 e. The molecule has 1 fully saturated rings. The first kappa shape index (κ1) is 24.1. The third kappa shape index (κ3) is 5.53. The molecule has 0 saturated carbocycles. The van der Waals surface area contributed by atoms with Gasteiger partial charge in [0.1, 0.15) is 0 Å². The molecule has 1 amide bonds. The van der Waals surface area contributed by atoms with E-state index in [-0.39, 0.29) is 17.8 Å². The van der Waals surface area contributed by atoms with Gasteiger partial charge in [-0.3, -0.25) is 9.36 Å². The minimum atomic E-state index is -0.0902. The van der Waals surface area contributed by atoms with Gasteiger partial charge in [0.2, 0.25) is 5.91 Å². The van der Waals surface area contributed by atoms with Crippen molar-refractivity contribution in [2.45, 2.75) is 44.5 Å². The van der Waals surface area contributed by atoms with Crippen molar-refractivity contribution in [3.63, 3.8) is 0 Å². The maximum atomic E-state index is 12.6. The Hall–Kier alpha value is -3.04. The van der Waals surface area contributed by atoms with Crippen molar-refractivity contribution < 1.29 is 19.0 Å². The summed E-state index contributed by atoms with van der Waals surface area (Å²) in [6.07, 6.45) is 2.12. The summed E-state index contributed by atoms with van der Waals surface area (Å²) in [5.41, 5.74) is 3.98. The monoisotopic (exact) mass is 482 g/mol. The van der Waals surface area contributed by atoms with Gasteiger partial charge >= 0.3 is 0 Å². The molecule has 0 radical (unpaired) electrons. The molecule has 1 aliphatic heterocycles. The van der Waals surface area contributed by atoms with Crippen LogP contribution in [0.2, 0.25) is 0 Å². The van der Waals surface area contributed by atoms with Crippen LogP contribution in [0.15, 0.2) is 41.6 Å². The van der Waals surface area contributed by atoms with Gasteiger partial charge in [0, 0.05) is 17.9 Å². The van der Waals surface area contributed by atoms with E-state index in [4.69, 9.17) is 14.2 Å². The van der Waals surface area contributed by atoms with Crippen LogP contribution in [0.5, 0.6) is 11.5 Å². The van der Waals surface area contributed by atoms with Gasteiger partial charge in [-0.2, -0.15) is 0 Å². The first-order chi connectivity index (χ1) is 16.5. The fourth-order valence-electron chi connectivity index (χ4n) is 3.89. The number of amides is 1. The number of carbonyl (C=O) groups excluding carboxylic acids is 1. The predicted molar refractivity (Wildman–Crippen MR) is 133 cm³/mol. The molecule has 34 heavy (non-hydrogen) atoms. The topological polar surface area (TPSA) is 87.5 Å². The molecule has 1 saturated heterocycles. The second kappa shape index (κ2) is 10.9. The van der Waals surface area contributed by atoms with E-state index in [0.29, 0.717) is 29.0 Å². The zero-order valence-corrected chi connectivity index (χ0v) is 20.8. The summed E-state index contributed by atoms with van der Waals surface area (Å²) in [6, 6.07) is 11.6. The zero-order chi connectivity index (χ0) is 24.1. The van der Waals surface area contributed by atoms with Gasteiger partial charge in [0.05, 0.1) is 32.6 Å². The highest BCUT2D eigenvalue weighted by Gasteiger charge is 2.23. The van der Waals surface area contributed by atoms with Crippen LogP contribution in [0, 0.1) is 13.8 Å². The van der Waals surface area contributed by atoms with Crippen LogP contribution in [0.3, 0.4) is 0 Å². The van der Waals surface area contributed by atoms with Gasteiger partial charge in [-0.15, -0.1) is 10.2 Å². The number of hydrogen-bond donors (Lipinski definition) is 1. The number of anilines is 1. The fraction of sp³-hybridized carbons (Fsp3) is 0.400. The molecule has 0 spiro atoms. The van der Waals surface area contributed by atoms with Crippen LogP contribution in [0.1, 0.15) is 24.0 Å². The Morgan fingerprint density at radius 2 is 1.94 bits per heavy atom. The summed E-state index contributed by atoms with van der Waals surface area (Å²) in [4.78, 5) is 12.6. The van der Waals surface area contributed by atoms with E-state index < -0.39 is 0 Å². The molecule has 4 rings (SSSR count). The average Bonchev–Trinajstić information content (AvgIpc) is 3.50. The van der Waals surface area contributed by atoms with Crippen LogP contribution in [0.4, 0.5) is 5.69 Å². The lowest BCUT2D eigenvalue weighted by Crippen LogP contribution is -2.18. The Bertz CT molecular complexity index is 1160. The lowest BCUT2D eigenvalue weighted by atomic mass is 10.1. The van der Waals surface area contributed by atoms with Crippen molar-refractivity contribution in [2.24, 2.45) is 0 Å². The first-order valence-corrected chi connectivity index (χ1v) is 12.2. The molecular formula is C25H30N4O4S.